The molecule has 0 spiro atoms. The number of fused-ring (bicyclic) bond motifs is 1. The van der Waals surface area contributed by atoms with Crippen LogP contribution in [0.1, 0.15) is 16.7 Å². The number of hydrogen-bond acceptors (Lipinski definition) is 3. The summed E-state index contributed by atoms with van der Waals surface area (Å²) in [5.74, 6) is 0. The number of rotatable bonds is 2. The Hall–Kier alpha value is -2.64. The second-order valence-corrected chi connectivity index (χ2v) is 5.59. The van der Waals surface area contributed by atoms with Gasteiger partial charge in [0.1, 0.15) is 17.2 Å². The minimum Gasteiger partial charge on any atom is -0.422 e. The van der Waals surface area contributed by atoms with Crippen LogP contribution in [-0.4, -0.2) is 0 Å². The van der Waals surface area contributed by atoms with Gasteiger partial charge in [-0.25, -0.2) is 4.79 Å². The maximum absolute atomic E-state index is 11.9. The fourth-order valence-corrected chi connectivity index (χ4v) is 2.66. The van der Waals surface area contributed by atoms with Crippen LogP contribution in [0.5, 0.6) is 0 Å². The van der Waals surface area contributed by atoms with Crippen molar-refractivity contribution in [1.29, 1.82) is 5.26 Å². The van der Waals surface area contributed by atoms with E-state index in [-0.39, 0.29) is 5.56 Å². The predicted molar refractivity (Wildman–Crippen MR) is 90.3 cm³/mol. The molecule has 0 aliphatic carbocycles. The molecule has 0 unspecified atom stereocenters. The molecule has 0 saturated carbocycles. The second-order valence-electron chi connectivity index (χ2n) is 4.67. The summed E-state index contributed by atoms with van der Waals surface area (Å²) in [7, 11) is 0. The third-order valence-electron chi connectivity index (χ3n) is 3.26. The van der Waals surface area contributed by atoms with Crippen molar-refractivity contribution in [1.82, 2.24) is 0 Å². The number of para-hydroxylation sites is 1. The van der Waals surface area contributed by atoms with Gasteiger partial charge in [-0.2, -0.15) is 5.26 Å². The minimum atomic E-state index is -0.616. The summed E-state index contributed by atoms with van der Waals surface area (Å²) in [5, 5.41) is 9.99. The van der Waals surface area contributed by atoms with Gasteiger partial charge in [-0.05, 0) is 23.8 Å². The molecule has 0 amide bonds. The van der Waals surface area contributed by atoms with Gasteiger partial charge in [-0.3, -0.25) is 0 Å². The first-order chi connectivity index (χ1) is 10.7. The van der Waals surface area contributed by atoms with Gasteiger partial charge in [0.2, 0.25) is 0 Å². The molecule has 0 saturated heterocycles. The zero-order chi connectivity index (χ0) is 15.5. The minimum absolute atomic E-state index is 0.0185. The van der Waals surface area contributed by atoms with Crippen molar-refractivity contribution in [2.75, 3.05) is 0 Å². The quantitative estimate of drug-likeness (QED) is 0.634. The highest BCUT2D eigenvalue weighted by molar-refractivity contribution is 9.10. The summed E-state index contributed by atoms with van der Waals surface area (Å²) in [5.41, 5.74) is 1.42. The number of nitriles is 1. The van der Waals surface area contributed by atoms with Gasteiger partial charge in [-0.1, -0.05) is 58.4 Å². The predicted octanol–water partition coefficient (Wildman–Crippen LogP) is 4.60. The van der Waals surface area contributed by atoms with E-state index in [1.165, 1.54) is 0 Å². The summed E-state index contributed by atoms with van der Waals surface area (Å²) in [6.07, 6.45) is 3.65. The Bertz CT molecular complexity index is 980. The number of hydrogen-bond donors (Lipinski definition) is 0. The lowest BCUT2D eigenvalue weighted by Gasteiger charge is -2.03. The Labute approximate surface area is 135 Å². The fourth-order valence-electron chi connectivity index (χ4n) is 2.24. The first-order valence-corrected chi connectivity index (χ1v) is 7.38. The molecule has 0 aliphatic heterocycles. The lowest BCUT2D eigenvalue weighted by Crippen LogP contribution is -2.06. The summed E-state index contributed by atoms with van der Waals surface area (Å²) >= 11 is 3.42. The smallest absolute Gasteiger partial charge is 0.354 e. The summed E-state index contributed by atoms with van der Waals surface area (Å²) in [6.45, 7) is 0. The van der Waals surface area contributed by atoms with E-state index in [1.54, 1.807) is 18.2 Å². The largest absolute Gasteiger partial charge is 0.422 e. The molecule has 3 nitrogen and oxygen atoms in total. The van der Waals surface area contributed by atoms with E-state index in [0.29, 0.717) is 11.1 Å². The van der Waals surface area contributed by atoms with Crippen LogP contribution in [0.25, 0.3) is 23.1 Å². The lowest BCUT2D eigenvalue weighted by atomic mass is 10.0. The van der Waals surface area contributed by atoms with E-state index in [9.17, 15) is 10.1 Å². The van der Waals surface area contributed by atoms with Crippen molar-refractivity contribution in [3.05, 3.63) is 80.1 Å². The van der Waals surface area contributed by atoms with Gasteiger partial charge in [0, 0.05) is 15.4 Å². The summed E-state index contributed by atoms with van der Waals surface area (Å²) < 4.78 is 6.14. The Morgan fingerprint density at radius 1 is 1.09 bits per heavy atom. The van der Waals surface area contributed by atoms with Crippen molar-refractivity contribution in [3.8, 4) is 6.07 Å². The summed E-state index contributed by atoms with van der Waals surface area (Å²) in [6, 6.07) is 16.9. The highest BCUT2D eigenvalue weighted by Crippen LogP contribution is 2.22. The molecule has 0 radical (unpaired) electrons. The Balaban J connectivity index is 2.21. The van der Waals surface area contributed by atoms with Crippen LogP contribution in [0.4, 0.5) is 0 Å². The molecule has 106 valence electrons. The van der Waals surface area contributed by atoms with Gasteiger partial charge >= 0.3 is 5.63 Å². The van der Waals surface area contributed by atoms with Gasteiger partial charge in [-0.15, -0.1) is 0 Å². The molecule has 4 heteroatoms. The van der Waals surface area contributed by atoms with Crippen LogP contribution in [0.3, 0.4) is 0 Å². The van der Waals surface area contributed by atoms with Crippen LogP contribution < -0.4 is 5.63 Å². The third-order valence-corrected chi connectivity index (χ3v) is 3.75. The molecule has 0 bridgehead atoms. The lowest BCUT2D eigenvalue weighted by molar-refractivity contribution is 0.558. The van der Waals surface area contributed by atoms with E-state index in [2.05, 4.69) is 15.9 Å². The first-order valence-electron chi connectivity index (χ1n) is 6.58. The van der Waals surface area contributed by atoms with E-state index in [4.69, 9.17) is 4.42 Å². The van der Waals surface area contributed by atoms with Crippen molar-refractivity contribution < 1.29 is 4.42 Å². The number of halogens is 1. The molecule has 3 aromatic rings. The Morgan fingerprint density at radius 2 is 1.91 bits per heavy atom. The highest BCUT2D eigenvalue weighted by atomic mass is 79.9. The molecule has 0 N–H and O–H groups in total. The van der Waals surface area contributed by atoms with Crippen molar-refractivity contribution in [2.24, 2.45) is 0 Å². The molecule has 0 aliphatic rings. The zero-order valence-electron chi connectivity index (χ0n) is 11.4. The standard InChI is InChI=1S/C18H10BrNO2/c19-13-5-3-4-12(10-13)8-9-14-15-6-1-2-7-17(15)22-18(21)16(14)11-20/h1-10H/b9-8+. The molecule has 0 atom stereocenters. The van der Waals surface area contributed by atoms with E-state index >= 15 is 0 Å². The summed E-state index contributed by atoms with van der Waals surface area (Å²) in [4.78, 5) is 11.9. The van der Waals surface area contributed by atoms with Crippen LogP contribution in [-0.2, 0) is 0 Å². The van der Waals surface area contributed by atoms with Crippen LogP contribution in [0, 0.1) is 11.3 Å². The van der Waals surface area contributed by atoms with E-state index < -0.39 is 5.63 Å². The molecule has 1 heterocycles. The van der Waals surface area contributed by atoms with E-state index in [0.717, 1.165) is 15.4 Å². The Morgan fingerprint density at radius 3 is 2.68 bits per heavy atom. The molecule has 1 aromatic heterocycles. The maximum atomic E-state index is 11.9. The molecular weight excluding hydrogens is 342 g/mol. The molecule has 3 rings (SSSR count). The monoisotopic (exact) mass is 351 g/mol. The average Bonchev–Trinajstić information content (AvgIpc) is 2.52. The SMILES string of the molecule is N#Cc1c(/C=C/c2cccc(Br)c2)c2ccccc2oc1=O. The van der Waals surface area contributed by atoms with E-state index in [1.807, 2.05) is 48.5 Å². The molecule has 0 fully saturated rings. The van der Waals surface area contributed by atoms with Gasteiger partial charge in [0.25, 0.3) is 0 Å². The van der Waals surface area contributed by atoms with Crippen molar-refractivity contribution in [2.45, 2.75) is 0 Å². The Kier molecular flexibility index (Phi) is 3.90. The highest BCUT2D eigenvalue weighted by Gasteiger charge is 2.11. The normalized spacial score (nSPS) is 10.9. The van der Waals surface area contributed by atoms with Crippen molar-refractivity contribution >= 4 is 39.1 Å². The van der Waals surface area contributed by atoms with Crippen LogP contribution in [0.2, 0.25) is 0 Å². The van der Waals surface area contributed by atoms with Crippen LogP contribution in [0.15, 0.2) is 62.2 Å². The van der Waals surface area contributed by atoms with Gasteiger partial charge in [0.05, 0.1) is 0 Å². The third kappa shape index (κ3) is 2.72. The van der Waals surface area contributed by atoms with Gasteiger partial charge < -0.3 is 4.42 Å². The number of nitrogens with zero attached hydrogens (tertiary/aromatic N) is 1. The topological polar surface area (TPSA) is 54.0 Å². The van der Waals surface area contributed by atoms with Gasteiger partial charge in [0.15, 0.2) is 0 Å². The number of benzene rings is 2. The molecule has 2 aromatic carbocycles. The molecule has 22 heavy (non-hydrogen) atoms. The van der Waals surface area contributed by atoms with Crippen molar-refractivity contribution in [3.63, 3.8) is 0 Å². The zero-order valence-corrected chi connectivity index (χ0v) is 13.0. The second kappa shape index (κ2) is 6.00. The average molecular weight is 352 g/mol. The maximum Gasteiger partial charge on any atom is 0.354 e. The first kappa shape index (κ1) is 14.3. The fraction of sp³-hybridized carbons (Fsp3) is 0. The van der Waals surface area contributed by atoms with Crippen LogP contribution >= 0.6 is 15.9 Å². The molecular formula is C18H10BrNO2.